The number of hydrogen-bond donors (Lipinski definition) is 2. The first-order chi connectivity index (χ1) is 13.6. The van der Waals surface area contributed by atoms with Crippen molar-refractivity contribution < 1.29 is 13.2 Å². The lowest BCUT2D eigenvalue weighted by Crippen LogP contribution is -2.18. The molecule has 1 amide bonds. The number of halogens is 2. The molecular weight excluding hydrogens is 435 g/mol. The Kier molecular flexibility index (Phi) is 5.87. The summed E-state index contributed by atoms with van der Waals surface area (Å²) in [7, 11) is -4.11. The fourth-order valence-electron chi connectivity index (χ4n) is 2.75. The first-order valence-corrected chi connectivity index (χ1v) is 10.6. The Morgan fingerprint density at radius 1 is 1.28 bits per heavy atom. The van der Waals surface area contributed by atoms with Gasteiger partial charge in [0.25, 0.3) is 0 Å². The molecule has 0 aliphatic carbocycles. The van der Waals surface area contributed by atoms with E-state index in [0.29, 0.717) is 27.0 Å². The zero-order valence-corrected chi connectivity index (χ0v) is 17.8. The van der Waals surface area contributed by atoms with E-state index in [-0.39, 0.29) is 22.7 Å². The van der Waals surface area contributed by atoms with Crippen LogP contribution in [0.1, 0.15) is 17.0 Å². The number of anilines is 1. The summed E-state index contributed by atoms with van der Waals surface area (Å²) in [4.78, 5) is 12.1. The van der Waals surface area contributed by atoms with Gasteiger partial charge in [0, 0.05) is 11.3 Å². The second-order valence-electron chi connectivity index (χ2n) is 6.28. The van der Waals surface area contributed by atoms with Crippen molar-refractivity contribution in [1.29, 1.82) is 0 Å². The van der Waals surface area contributed by atoms with Crippen LogP contribution in [-0.4, -0.2) is 24.1 Å². The van der Waals surface area contributed by atoms with Crippen LogP contribution in [0.3, 0.4) is 0 Å². The number of aryl methyl sites for hydroxylation is 1. The predicted molar refractivity (Wildman–Crippen MR) is 111 cm³/mol. The molecule has 1 aromatic heterocycles. The molecule has 0 spiro atoms. The van der Waals surface area contributed by atoms with Crippen LogP contribution in [-0.2, 0) is 21.2 Å². The maximum atomic E-state index is 12.3. The largest absolute Gasteiger partial charge is 0.326 e. The van der Waals surface area contributed by atoms with Crippen molar-refractivity contribution in [3.05, 3.63) is 69.5 Å². The third-order valence-electron chi connectivity index (χ3n) is 4.14. The molecule has 0 saturated carbocycles. The Hall–Kier alpha value is -2.57. The van der Waals surface area contributed by atoms with Gasteiger partial charge in [-0.25, -0.2) is 18.2 Å². The fourth-order valence-corrected chi connectivity index (χ4v) is 3.78. The Bertz CT molecular complexity index is 1210. The highest BCUT2D eigenvalue weighted by Gasteiger charge is 2.21. The SMILES string of the molecule is Cc1nn(-c2ccc(NC(=O)Cc3c#cccc3Cl)cc2S(N)(=O)=O)c(C)c1Cl. The van der Waals surface area contributed by atoms with Gasteiger partial charge in [0.15, 0.2) is 0 Å². The molecule has 2 aromatic carbocycles. The summed E-state index contributed by atoms with van der Waals surface area (Å²) in [6.45, 7) is 3.42. The third kappa shape index (κ3) is 4.54. The molecular formula is C19H16Cl2N4O3S. The van der Waals surface area contributed by atoms with Crippen molar-refractivity contribution in [2.75, 3.05) is 5.32 Å². The van der Waals surface area contributed by atoms with Gasteiger partial charge in [-0.05, 0) is 44.2 Å². The average Bonchev–Trinajstić information content (AvgIpc) is 2.90. The van der Waals surface area contributed by atoms with Crippen LogP contribution in [0, 0.1) is 26.0 Å². The first kappa shape index (κ1) is 21.1. The van der Waals surface area contributed by atoms with Crippen molar-refractivity contribution in [3.63, 3.8) is 0 Å². The van der Waals surface area contributed by atoms with Crippen LogP contribution in [0.4, 0.5) is 5.69 Å². The van der Waals surface area contributed by atoms with Crippen molar-refractivity contribution in [2.24, 2.45) is 5.14 Å². The van der Waals surface area contributed by atoms with E-state index in [1.54, 1.807) is 32.0 Å². The van der Waals surface area contributed by atoms with Gasteiger partial charge in [0.1, 0.15) is 4.90 Å². The number of carbonyl (C=O) groups is 1. The van der Waals surface area contributed by atoms with E-state index in [4.69, 9.17) is 28.3 Å². The number of hydrogen-bond acceptors (Lipinski definition) is 4. The highest BCUT2D eigenvalue weighted by atomic mass is 35.5. The minimum Gasteiger partial charge on any atom is -0.326 e. The summed E-state index contributed by atoms with van der Waals surface area (Å²) in [6, 6.07) is 13.0. The second-order valence-corrected chi connectivity index (χ2v) is 8.59. The highest BCUT2D eigenvalue weighted by molar-refractivity contribution is 7.89. The minimum absolute atomic E-state index is 0.0459. The molecule has 3 N–H and O–H groups in total. The molecule has 0 aliphatic heterocycles. The van der Waals surface area contributed by atoms with Crippen LogP contribution < -0.4 is 10.5 Å². The van der Waals surface area contributed by atoms with Gasteiger partial charge in [-0.2, -0.15) is 5.10 Å². The Labute approximate surface area is 178 Å². The molecule has 7 nitrogen and oxygen atoms in total. The second kappa shape index (κ2) is 8.05. The van der Waals surface area contributed by atoms with Gasteiger partial charge in [-0.15, -0.1) is 0 Å². The Morgan fingerprint density at radius 3 is 2.59 bits per heavy atom. The number of nitrogens with two attached hydrogens (primary N) is 1. The lowest BCUT2D eigenvalue weighted by Gasteiger charge is -2.13. The quantitative estimate of drug-likeness (QED) is 0.621. The van der Waals surface area contributed by atoms with Gasteiger partial charge in [0.2, 0.25) is 15.9 Å². The summed E-state index contributed by atoms with van der Waals surface area (Å²) in [5.74, 6) is -0.398. The van der Waals surface area contributed by atoms with Gasteiger partial charge >= 0.3 is 0 Å². The van der Waals surface area contributed by atoms with Crippen molar-refractivity contribution in [2.45, 2.75) is 25.2 Å². The summed E-state index contributed by atoms with van der Waals surface area (Å²) >= 11 is 12.2. The van der Waals surface area contributed by atoms with Crippen molar-refractivity contribution >= 4 is 44.8 Å². The van der Waals surface area contributed by atoms with Crippen LogP contribution in [0.15, 0.2) is 35.2 Å². The monoisotopic (exact) mass is 450 g/mol. The molecule has 0 atom stereocenters. The number of sulfonamides is 1. The maximum Gasteiger partial charge on any atom is 0.240 e. The number of carbonyl (C=O) groups excluding carboxylic acids is 1. The molecule has 0 fully saturated rings. The standard InChI is InChI=1S/C19H16Cl2N4O3S/c1-11-19(21)12(2)25(24-11)16-8-7-14(10-17(16)29(22,27)28)23-18(26)9-13-5-3-4-6-15(13)20/h4,6-8,10H,9H2,1-2H3,(H,23,26)(H2,22,27,28). The summed E-state index contributed by atoms with van der Waals surface area (Å²) in [6.07, 6.45) is -0.0459. The zero-order valence-electron chi connectivity index (χ0n) is 15.5. The molecule has 29 heavy (non-hydrogen) atoms. The van der Waals surface area contributed by atoms with Crippen LogP contribution in [0.25, 0.3) is 5.69 Å². The van der Waals surface area contributed by atoms with E-state index >= 15 is 0 Å². The van der Waals surface area contributed by atoms with Gasteiger partial charge in [0.05, 0.1) is 33.5 Å². The highest BCUT2D eigenvalue weighted by Crippen LogP contribution is 2.28. The third-order valence-corrected chi connectivity index (χ3v) is 5.98. The topological polar surface area (TPSA) is 107 Å². The van der Waals surface area contributed by atoms with E-state index < -0.39 is 15.9 Å². The summed E-state index contributed by atoms with van der Waals surface area (Å²) in [5.41, 5.74) is 2.08. The van der Waals surface area contributed by atoms with Crippen LogP contribution in [0.2, 0.25) is 10.0 Å². The molecule has 1 heterocycles. The van der Waals surface area contributed by atoms with E-state index in [1.807, 2.05) is 0 Å². The van der Waals surface area contributed by atoms with Crippen LogP contribution in [0.5, 0.6) is 0 Å². The fraction of sp³-hybridized carbons (Fsp3) is 0.158. The summed E-state index contributed by atoms with van der Waals surface area (Å²) < 4.78 is 25.7. The van der Waals surface area contributed by atoms with Crippen molar-refractivity contribution in [1.82, 2.24) is 9.78 Å². The van der Waals surface area contributed by atoms with Gasteiger partial charge < -0.3 is 5.32 Å². The number of nitrogens with zero attached hydrogens (tertiary/aromatic N) is 2. The van der Waals surface area contributed by atoms with Gasteiger partial charge in [-0.3, -0.25) is 4.79 Å². The number of primary sulfonamides is 1. The molecule has 10 heteroatoms. The van der Waals surface area contributed by atoms with E-state index in [2.05, 4.69) is 22.5 Å². The summed E-state index contributed by atoms with van der Waals surface area (Å²) in [5, 5.41) is 13.1. The number of amides is 1. The molecule has 150 valence electrons. The first-order valence-electron chi connectivity index (χ1n) is 8.33. The average molecular weight is 451 g/mol. The van der Waals surface area contributed by atoms with E-state index in [9.17, 15) is 13.2 Å². The lowest BCUT2D eigenvalue weighted by molar-refractivity contribution is -0.115. The van der Waals surface area contributed by atoms with E-state index in [0.717, 1.165) is 0 Å². The zero-order chi connectivity index (χ0) is 21.3. The molecule has 0 aliphatic rings. The normalized spacial score (nSPS) is 11.2. The molecule has 0 radical (unpaired) electrons. The number of benzene rings is 1. The molecule has 3 aromatic rings. The predicted octanol–water partition coefficient (Wildman–Crippen LogP) is 3.22. The van der Waals surface area contributed by atoms with Crippen LogP contribution >= 0.6 is 23.2 Å². The lowest BCUT2D eigenvalue weighted by atomic mass is 10.2. The smallest absolute Gasteiger partial charge is 0.240 e. The number of rotatable bonds is 5. The van der Waals surface area contributed by atoms with Gasteiger partial charge in [-0.1, -0.05) is 35.3 Å². The van der Waals surface area contributed by atoms with Crippen molar-refractivity contribution in [3.8, 4) is 5.69 Å². The molecule has 0 saturated heterocycles. The Morgan fingerprint density at radius 2 is 2.00 bits per heavy atom. The Balaban J connectivity index is 1.95. The maximum absolute atomic E-state index is 12.3. The molecule has 0 unspecified atom stereocenters. The minimum atomic E-state index is -4.11. The molecule has 0 bridgehead atoms. The number of nitrogens with one attached hydrogen (secondary N) is 1. The van der Waals surface area contributed by atoms with E-state index in [1.165, 1.54) is 16.8 Å². The molecule has 3 rings (SSSR count). The number of aromatic nitrogens is 2.